The lowest BCUT2D eigenvalue weighted by molar-refractivity contribution is -0.139. The van der Waals surface area contributed by atoms with Gasteiger partial charge in [0.2, 0.25) is 0 Å². The van der Waals surface area contributed by atoms with Crippen molar-refractivity contribution < 1.29 is 13.9 Å². The van der Waals surface area contributed by atoms with Crippen molar-refractivity contribution in [1.82, 2.24) is 0 Å². The molecule has 134 valence electrons. The fourth-order valence-electron chi connectivity index (χ4n) is 3.44. The van der Waals surface area contributed by atoms with E-state index in [0.29, 0.717) is 18.4 Å². The molecule has 2 heterocycles. The zero-order valence-electron chi connectivity index (χ0n) is 14.9. The fraction of sp³-hybridized carbons (Fsp3) is 0.125. The molecule has 0 amide bonds. The van der Waals surface area contributed by atoms with Crippen LogP contribution in [0.1, 0.15) is 35.0 Å². The van der Waals surface area contributed by atoms with Crippen LogP contribution in [0.3, 0.4) is 0 Å². The first-order valence-electron chi connectivity index (χ1n) is 8.98. The van der Waals surface area contributed by atoms with Gasteiger partial charge in [0.15, 0.2) is 6.10 Å². The van der Waals surface area contributed by atoms with Crippen molar-refractivity contribution in [1.29, 1.82) is 0 Å². The van der Waals surface area contributed by atoms with E-state index < -0.39 is 6.10 Å². The largest absolute Gasteiger partial charge is 0.468 e. The van der Waals surface area contributed by atoms with Gasteiger partial charge >= 0.3 is 5.97 Å². The average molecular weight is 356 g/mol. The third-order valence-corrected chi connectivity index (χ3v) is 4.70. The Morgan fingerprint density at radius 3 is 2.41 bits per heavy atom. The number of furan rings is 1. The van der Waals surface area contributed by atoms with Gasteiger partial charge < -0.3 is 9.15 Å². The Balaban J connectivity index is 1.71. The Kier molecular flexibility index (Phi) is 4.75. The molecule has 1 aliphatic rings. The molecule has 3 heteroatoms. The van der Waals surface area contributed by atoms with E-state index in [4.69, 9.17) is 9.15 Å². The first-order valence-corrected chi connectivity index (χ1v) is 8.98. The molecule has 0 fully saturated rings. The molecule has 2 aromatic carbocycles. The fourth-order valence-corrected chi connectivity index (χ4v) is 3.44. The van der Waals surface area contributed by atoms with Crippen molar-refractivity contribution in [3.63, 3.8) is 0 Å². The minimum Gasteiger partial charge on any atom is -0.468 e. The summed E-state index contributed by atoms with van der Waals surface area (Å²) in [7, 11) is 0. The molecule has 0 N–H and O–H groups in total. The molecular formula is C24H20O3. The highest BCUT2D eigenvalue weighted by atomic mass is 16.5. The molecule has 0 unspecified atom stereocenters. The number of esters is 1. The summed E-state index contributed by atoms with van der Waals surface area (Å²) in [5, 5.41) is 0. The second-order valence-electron chi connectivity index (χ2n) is 6.55. The van der Waals surface area contributed by atoms with Crippen molar-refractivity contribution in [2.24, 2.45) is 0 Å². The van der Waals surface area contributed by atoms with E-state index in [2.05, 4.69) is 18.7 Å². The Labute approximate surface area is 158 Å². The smallest absolute Gasteiger partial charge is 0.335 e. The number of allylic oxidation sites excluding steroid dienone is 1. The normalized spacial score (nSPS) is 16.4. The van der Waals surface area contributed by atoms with Crippen molar-refractivity contribution in [2.45, 2.75) is 18.9 Å². The van der Waals surface area contributed by atoms with Crippen LogP contribution in [0.15, 0.2) is 95.6 Å². The quantitative estimate of drug-likeness (QED) is 0.432. The molecular weight excluding hydrogens is 336 g/mol. The molecule has 3 aromatic rings. The molecule has 1 aliphatic heterocycles. The highest BCUT2D eigenvalue weighted by Gasteiger charge is 2.35. The number of benzene rings is 2. The minimum atomic E-state index is -0.421. The summed E-state index contributed by atoms with van der Waals surface area (Å²) >= 11 is 0. The van der Waals surface area contributed by atoms with E-state index in [1.807, 2.05) is 54.6 Å². The molecule has 3 nitrogen and oxygen atoms in total. The lowest BCUT2D eigenvalue weighted by Gasteiger charge is -2.13. The molecule has 1 atom stereocenters. The summed E-state index contributed by atoms with van der Waals surface area (Å²) in [4.78, 5) is 12.5. The van der Waals surface area contributed by atoms with Gasteiger partial charge in [-0.1, -0.05) is 66.7 Å². The summed E-state index contributed by atoms with van der Waals surface area (Å²) in [5.41, 5.74) is 4.53. The molecule has 0 saturated carbocycles. The lowest BCUT2D eigenvalue weighted by atomic mass is 9.93. The zero-order chi connectivity index (χ0) is 18.6. The maximum Gasteiger partial charge on any atom is 0.335 e. The number of hydrogen-bond donors (Lipinski definition) is 0. The van der Waals surface area contributed by atoms with Crippen LogP contribution in [0.5, 0.6) is 0 Å². The molecule has 0 radical (unpaired) electrons. The summed E-state index contributed by atoms with van der Waals surface area (Å²) in [5.74, 6) is 0.567. The van der Waals surface area contributed by atoms with E-state index >= 15 is 0 Å². The van der Waals surface area contributed by atoms with E-state index in [1.165, 1.54) is 5.56 Å². The predicted molar refractivity (Wildman–Crippen MR) is 105 cm³/mol. The highest BCUT2D eigenvalue weighted by Crippen LogP contribution is 2.43. The van der Waals surface area contributed by atoms with Gasteiger partial charge in [-0.3, -0.25) is 0 Å². The van der Waals surface area contributed by atoms with Gasteiger partial charge in [-0.25, -0.2) is 4.79 Å². The molecule has 1 aromatic heterocycles. The standard InChI is InChI=1S/C24H20O3/c1-2-9-21-22(23(27-24(21)25)18-12-7-4-8-13-18)19-15-20(26-16-19)14-17-10-5-3-6-11-17/h2-8,10-13,15-16,23H,1,9,14H2/t23-/m0/s1. The van der Waals surface area contributed by atoms with Crippen LogP contribution in [-0.2, 0) is 16.0 Å². The number of cyclic esters (lactones) is 1. The van der Waals surface area contributed by atoms with E-state index in [-0.39, 0.29) is 5.97 Å². The minimum absolute atomic E-state index is 0.287. The van der Waals surface area contributed by atoms with Crippen LogP contribution in [0.4, 0.5) is 0 Å². The SMILES string of the molecule is C=CCC1=C(c2coc(Cc3ccccc3)c2)[C@H](c2ccccc2)OC1=O. The van der Waals surface area contributed by atoms with Crippen molar-refractivity contribution in [3.05, 3.63) is 114 Å². The van der Waals surface area contributed by atoms with Gasteiger partial charge in [0.1, 0.15) is 5.76 Å². The van der Waals surface area contributed by atoms with E-state index in [9.17, 15) is 4.79 Å². The van der Waals surface area contributed by atoms with Crippen LogP contribution in [0, 0.1) is 0 Å². The van der Waals surface area contributed by atoms with Gasteiger partial charge in [0.25, 0.3) is 0 Å². The number of hydrogen-bond acceptors (Lipinski definition) is 3. The third-order valence-electron chi connectivity index (χ3n) is 4.70. The number of carbonyl (C=O) groups excluding carboxylic acids is 1. The topological polar surface area (TPSA) is 39.4 Å². The van der Waals surface area contributed by atoms with Crippen molar-refractivity contribution in [2.75, 3.05) is 0 Å². The molecule has 0 bridgehead atoms. The van der Waals surface area contributed by atoms with Crippen LogP contribution >= 0.6 is 0 Å². The molecule has 0 aliphatic carbocycles. The highest BCUT2D eigenvalue weighted by molar-refractivity contribution is 6.03. The summed E-state index contributed by atoms with van der Waals surface area (Å²) in [6, 6.07) is 21.9. The third kappa shape index (κ3) is 3.49. The van der Waals surface area contributed by atoms with Crippen LogP contribution in [0.25, 0.3) is 5.57 Å². The molecule has 0 spiro atoms. The van der Waals surface area contributed by atoms with Crippen molar-refractivity contribution in [3.8, 4) is 0 Å². The number of carbonyl (C=O) groups is 1. The summed E-state index contributed by atoms with van der Waals surface area (Å²) in [6.45, 7) is 3.78. The average Bonchev–Trinajstić information content (AvgIpc) is 3.28. The second kappa shape index (κ2) is 7.50. The maximum atomic E-state index is 12.5. The first kappa shape index (κ1) is 17.1. The number of ether oxygens (including phenoxy) is 1. The van der Waals surface area contributed by atoms with E-state index in [1.54, 1.807) is 12.3 Å². The van der Waals surface area contributed by atoms with Crippen LogP contribution in [-0.4, -0.2) is 5.97 Å². The summed E-state index contributed by atoms with van der Waals surface area (Å²) in [6.07, 6.45) is 4.20. The molecule has 27 heavy (non-hydrogen) atoms. The van der Waals surface area contributed by atoms with Crippen LogP contribution in [0.2, 0.25) is 0 Å². The predicted octanol–water partition coefficient (Wildman–Crippen LogP) is 5.50. The Bertz CT molecular complexity index is 981. The zero-order valence-corrected chi connectivity index (χ0v) is 14.9. The molecule has 4 rings (SSSR count). The van der Waals surface area contributed by atoms with Gasteiger partial charge in [0, 0.05) is 23.1 Å². The van der Waals surface area contributed by atoms with Gasteiger partial charge in [0.05, 0.1) is 6.26 Å². The van der Waals surface area contributed by atoms with Gasteiger partial charge in [-0.2, -0.15) is 0 Å². The van der Waals surface area contributed by atoms with Gasteiger partial charge in [-0.05, 0) is 23.6 Å². The monoisotopic (exact) mass is 356 g/mol. The number of rotatable bonds is 6. The first-order chi connectivity index (χ1) is 13.3. The summed E-state index contributed by atoms with van der Waals surface area (Å²) < 4.78 is 11.5. The Morgan fingerprint density at radius 1 is 1.00 bits per heavy atom. The lowest BCUT2D eigenvalue weighted by Crippen LogP contribution is -2.03. The Morgan fingerprint density at radius 2 is 1.70 bits per heavy atom. The molecule has 0 saturated heterocycles. The van der Waals surface area contributed by atoms with Crippen molar-refractivity contribution >= 4 is 11.5 Å². The van der Waals surface area contributed by atoms with Gasteiger partial charge in [-0.15, -0.1) is 6.58 Å². The maximum absolute atomic E-state index is 12.5. The second-order valence-corrected chi connectivity index (χ2v) is 6.55. The Hall–Kier alpha value is -3.33. The van der Waals surface area contributed by atoms with Crippen LogP contribution < -0.4 is 0 Å². The van der Waals surface area contributed by atoms with E-state index in [0.717, 1.165) is 22.5 Å².